The van der Waals surface area contributed by atoms with E-state index in [4.69, 9.17) is 26.1 Å². The van der Waals surface area contributed by atoms with E-state index in [1.807, 2.05) is 25.1 Å². The Morgan fingerprint density at radius 2 is 1.83 bits per heavy atom. The summed E-state index contributed by atoms with van der Waals surface area (Å²) in [6.07, 6.45) is 0.772. The van der Waals surface area contributed by atoms with Gasteiger partial charge in [-0.3, -0.25) is 20.4 Å². The van der Waals surface area contributed by atoms with E-state index in [0.29, 0.717) is 22.1 Å². The van der Waals surface area contributed by atoms with Crippen LogP contribution in [0.2, 0.25) is 5.02 Å². The number of hydrogen-bond donors (Lipinski definition) is 2. The van der Waals surface area contributed by atoms with Gasteiger partial charge in [0.25, 0.3) is 5.91 Å². The van der Waals surface area contributed by atoms with Crippen molar-refractivity contribution in [1.29, 1.82) is 0 Å². The van der Waals surface area contributed by atoms with Gasteiger partial charge in [-0.25, -0.2) is 4.98 Å². The number of carbonyl (C=O) groups is 2. The lowest BCUT2D eigenvalue weighted by Gasteiger charge is -2.10. The molecular weight excluding hydrogens is 426 g/mol. The van der Waals surface area contributed by atoms with Gasteiger partial charge in [0.2, 0.25) is 12.7 Å². The van der Waals surface area contributed by atoms with Gasteiger partial charge < -0.3 is 9.47 Å². The molecular formula is C21H18ClN3O4S. The molecule has 0 atom stereocenters. The molecule has 154 valence electrons. The SMILES string of the molecule is CCc1cc2cc3c(cc2nc1SCC(=O)NNC(=O)c1ccc(Cl)cc1)OCO3. The van der Waals surface area contributed by atoms with Gasteiger partial charge in [0.05, 0.1) is 11.3 Å². The summed E-state index contributed by atoms with van der Waals surface area (Å²) in [5.41, 5.74) is 7.02. The number of ether oxygens (including phenoxy) is 2. The molecule has 0 saturated heterocycles. The van der Waals surface area contributed by atoms with Crippen LogP contribution in [0.25, 0.3) is 10.9 Å². The molecule has 2 amide bonds. The molecule has 0 unspecified atom stereocenters. The number of nitrogens with zero attached hydrogens (tertiary/aromatic N) is 1. The number of pyridine rings is 1. The molecule has 2 N–H and O–H groups in total. The van der Waals surface area contributed by atoms with E-state index in [9.17, 15) is 9.59 Å². The zero-order valence-electron chi connectivity index (χ0n) is 16.0. The second-order valence-electron chi connectivity index (χ2n) is 6.50. The van der Waals surface area contributed by atoms with E-state index >= 15 is 0 Å². The third-order valence-corrected chi connectivity index (χ3v) is 5.78. The Kier molecular flexibility index (Phi) is 5.96. The highest BCUT2D eigenvalue weighted by molar-refractivity contribution is 7.99. The lowest BCUT2D eigenvalue weighted by atomic mass is 10.1. The number of aryl methyl sites for hydroxylation is 1. The van der Waals surface area contributed by atoms with E-state index in [1.54, 1.807) is 24.3 Å². The molecule has 4 rings (SSSR count). The minimum Gasteiger partial charge on any atom is -0.454 e. The summed E-state index contributed by atoms with van der Waals surface area (Å²) in [6, 6.07) is 12.2. The van der Waals surface area contributed by atoms with Gasteiger partial charge in [-0.1, -0.05) is 30.3 Å². The molecule has 0 saturated carbocycles. The molecule has 1 aliphatic rings. The first-order chi connectivity index (χ1) is 14.5. The van der Waals surface area contributed by atoms with E-state index in [0.717, 1.165) is 27.9 Å². The van der Waals surface area contributed by atoms with Crippen LogP contribution in [0.3, 0.4) is 0 Å². The molecule has 1 aliphatic heterocycles. The van der Waals surface area contributed by atoms with Gasteiger partial charge >= 0.3 is 0 Å². The zero-order valence-corrected chi connectivity index (χ0v) is 17.6. The van der Waals surface area contributed by atoms with Crippen LogP contribution in [-0.2, 0) is 11.2 Å². The molecule has 7 nitrogen and oxygen atoms in total. The van der Waals surface area contributed by atoms with Crippen LogP contribution in [0.15, 0.2) is 47.5 Å². The molecule has 0 bridgehead atoms. The molecule has 30 heavy (non-hydrogen) atoms. The average molecular weight is 444 g/mol. The number of carbonyl (C=O) groups excluding carboxylic acids is 2. The Balaban J connectivity index is 1.39. The topological polar surface area (TPSA) is 89.6 Å². The number of aromatic nitrogens is 1. The number of benzene rings is 2. The predicted molar refractivity (Wildman–Crippen MR) is 115 cm³/mol. The van der Waals surface area contributed by atoms with Crippen molar-refractivity contribution in [2.24, 2.45) is 0 Å². The Bertz CT molecular complexity index is 1120. The minimum atomic E-state index is -0.417. The maximum absolute atomic E-state index is 12.2. The van der Waals surface area contributed by atoms with Crippen LogP contribution in [0.4, 0.5) is 0 Å². The molecule has 2 aromatic carbocycles. The van der Waals surface area contributed by atoms with Crippen molar-refractivity contribution in [1.82, 2.24) is 15.8 Å². The van der Waals surface area contributed by atoms with Crippen molar-refractivity contribution in [2.45, 2.75) is 18.4 Å². The molecule has 0 radical (unpaired) electrons. The van der Waals surface area contributed by atoms with Crippen molar-refractivity contribution in [3.8, 4) is 11.5 Å². The summed E-state index contributed by atoms with van der Waals surface area (Å²) in [5.74, 6) is 0.730. The molecule has 3 aromatic rings. The van der Waals surface area contributed by atoms with Crippen molar-refractivity contribution in [2.75, 3.05) is 12.5 Å². The number of nitrogens with one attached hydrogen (secondary N) is 2. The molecule has 1 aromatic heterocycles. The summed E-state index contributed by atoms with van der Waals surface area (Å²) < 4.78 is 10.8. The quantitative estimate of drug-likeness (QED) is 0.461. The van der Waals surface area contributed by atoms with Crippen molar-refractivity contribution < 1.29 is 19.1 Å². The summed E-state index contributed by atoms with van der Waals surface area (Å²) >= 11 is 7.12. The number of amides is 2. The molecule has 0 fully saturated rings. The van der Waals surface area contributed by atoms with Crippen molar-refractivity contribution in [3.63, 3.8) is 0 Å². The highest BCUT2D eigenvalue weighted by Crippen LogP contribution is 2.37. The number of hydrazine groups is 1. The number of fused-ring (bicyclic) bond motifs is 2. The minimum absolute atomic E-state index is 0.108. The van der Waals surface area contributed by atoms with Crippen molar-refractivity contribution in [3.05, 3.63) is 58.6 Å². The molecule has 0 spiro atoms. The zero-order chi connectivity index (χ0) is 21.1. The average Bonchev–Trinajstić information content (AvgIpc) is 3.21. The Hall–Kier alpha value is -2.97. The number of hydrogen-bond acceptors (Lipinski definition) is 6. The fraction of sp³-hybridized carbons (Fsp3) is 0.190. The maximum Gasteiger partial charge on any atom is 0.269 e. The van der Waals surface area contributed by atoms with Gasteiger partial charge in [-0.05, 0) is 48.4 Å². The lowest BCUT2D eigenvalue weighted by Crippen LogP contribution is -2.42. The van der Waals surface area contributed by atoms with E-state index < -0.39 is 5.91 Å². The van der Waals surface area contributed by atoms with E-state index in [1.165, 1.54) is 11.8 Å². The van der Waals surface area contributed by atoms with Gasteiger partial charge in [0.15, 0.2) is 11.5 Å². The number of thioether (sulfide) groups is 1. The van der Waals surface area contributed by atoms with Crippen LogP contribution >= 0.6 is 23.4 Å². The van der Waals surface area contributed by atoms with E-state index in [2.05, 4.69) is 10.9 Å². The Morgan fingerprint density at radius 1 is 1.10 bits per heavy atom. The van der Waals surface area contributed by atoms with Gasteiger partial charge in [0.1, 0.15) is 5.03 Å². The monoisotopic (exact) mass is 443 g/mol. The Labute approximate surface area is 182 Å². The molecule has 0 aliphatic carbocycles. The second kappa shape index (κ2) is 8.81. The highest BCUT2D eigenvalue weighted by atomic mass is 35.5. The standard InChI is InChI=1S/C21H18ClN3O4S/c1-2-12-7-14-8-17-18(29-11-28-17)9-16(14)23-21(12)30-10-19(26)24-25-20(27)13-3-5-15(22)6-4-13/h3-9H,2,10-11H2,1H3,(H,24,26)(H,25,27). The fourth-order valence-electron chi connectivity index (χ4n) is 2.94. The van der Waals surface area contributed by atoms with Gasteiger partial charge in [-0.2, -0.15) is 0 Å². The smallest absolute Gasteiger partial charge is 0.269 e. The first kappa shape index (κ1) is 20.3. The first-order valence-corrected chi connectivity index (χ1v) is 10.6. The van der Waals surface area contributed by atoms with Gasteiger partial charge in [-0.15, -0.1) is 0 Å². The number of halogens is 1. The predicted octanol–water partition coefficient (Wildman–Crippen LogP) is 3.73. The summed E-state index contributed by atoms with van der Waals surface area (Å²) in [7, 11) is 0. The van der Waals surface area contributed by atoms with Crippen LogP contribution in [0.1, 0.15) is 22.8 Å². The van der Waals surface area contributed by atoms with E-state index in [-0.39, 0.29) is 18.5 Å². The number of rotatable bonds is 5. The fourth-order valence-corrected chi connectivity index (χ4v) is 3.96. The Morgan fingerprint density at radius 3 is 2.57 bits per heavy atom. The first-order valence-electron chi connectivity index (χ1n) is 9.24. The van der Waals surface area contributed by atoms with Gasteiger partial charge in [0, 0.05) is 22.0 Å². The lowest BCUT2D eigenvalue weighted by molar-refractivity contribution is -0.119. The third kappa shape index (κ3) is 4.44. The molecule has 9 heteroatoms. The second-order valence-corrected chi connectivity index (χ2v) is 7.90. The summed E-state index contributed by atoms with van der Waals surface area (Å²) in [5, 5.41) is 2.26. The van der Waals surface area contributed by atoms with Crippen LogP contribution in [-0.4, -0.2) is 29.3 Å². The summed E-state index contributed by atoms with van der Waals surface area (Å²) in [6.45, 7) is 2.24. The van der Waals surface area contributed by atoms with Crippen LogP contribution in [0, 0.1) is 0 Å². The molecule has 2 heterocycles. The third-order valence-electron chi connectivity index (χ3n) is 4.49. The largest absolute Gasteiger partial charge is 0.454 e. The highest BCUT2D eigenvalue weighted by Gasteiger charge is 2.17. The maximum atomic E-state index is 12.2. The normalized spacial score (nSPS) is 12.1. The van der Waals surface area contributed by atoms with Crippen LogP contribution < -0.4 is 20.3 Å². The summed E-state index contributed by atoms with van der Waals surface area (Å²) in [4.78, 5) is 28.9. The van der Waals surface area contributed by atoms with Crippen LogP contribution in [0.5, 0.6) is 11.5 Å². The van der Waals surface area contributed by atoms with Crippen molar-refractivity contribution >= 4 is 46.1 Å².